The Labute approximate surface area is 198 Å². The Hall–Kier alpha value is -3.98. The van der Waals surface area contributed by atoms with E-state index in [4.69, 9.17) is 9.97 Å². The first-order valence-electron chi connectivity index (χ1n) is 11.3. The van der Waals surface area contributed by atoms with Crippen molar-refractivity contribution < 1.29 is 9.59 Å². The zero-order valence-corrected chi connectivity index (χ0v) is 18.9. The molecule has 1 fully saturated rings. The number of piperazine rings is 1. The normalized spacial score (nSPS) is 20.2. The Bertz CT molecular complexity index is 1560. The summed E-state index contributed by atoms with van der Waals surface area (Å²) in [6.07, 6.45) is 7.18. The van der Waals surface area contributed by atoms with Gasteiger partial charge in [0.05, 0.1) is 22.4 Å². The van der Waals surface area contributed by atoms with Gasteiger partial charge in [-0.3, -0.25) is 14.9 Å². The van der Waals surface area contributed by atoms with Crippen LogP contribution in [0.15, 0.2) is 54.2 Å². The first-order valence-corrected chi connectivity index (χ1v) is 12.1. The van der Waals surface area contributed by atoms with Crippen LogP contribution < -0.4 is 10.2 Å². The number of carbonyl (C=O) groups is 2. The number of fused-ring (bicyclic) bond motifs is 3. The zero-order valence-electron chi connectivity index (χ0n) is 18.1. The second-order valence-corrected chi connectivity index (χ2v) is 9.66. The van der Waals surface area contributed by atoms with Gasteiger partial charge in [0, 0.05) is 48.2 Å². The van der Waals surface area contributed by atoms with Crippen LogP contribution in [0.1, 0.15) is 17.7 Å². The van der Waals surface area contributed by atoms with Crippen LogP contribution in [0.5, 0.6) is 0 Å². The van der Waals surface area contributed by atoms with Gasteiger partial charge in [-0.1, -0.05) is 24.3 Å². The summed E-state index contributed by atoms with van der Waals surface area (Å²) in [6.45, 7) is 2.51. The van der Waals surface area contributed by atoms with Gasteiger partial charge in [0.15, 0.2) is 0 Å². The lowest BCUT2D eigenvalue weighted by molar-refractivity contribution is -0.122. The van der Waals surface area contributed by atoms with Crippen molar-refractivity contribution in [2.75, 3.05) is 24.5 Å². The Morgan fingerprint density at radius 1 is 1.00 bits per heavy atom. The summed E-state index contributed by atoms with van der Waals surface area (Å²) in [4.78, 5) is 44.7. The average molecular weight is 469 g/mol. The molecular weight excluding hydrogens is 448 g/mol. The van der Waals surface area contributed by atoms with Crippen LogP contribution >= 0.6 is 11.3 Å². The first kappa shape index (κ1) is 19.5. The molecule has 1 atom stereocenters. The van der Waals surface area contributed by atoms with Gasteiger partial charge in [0.25, 0.3) is 11.8 Å². The van der Waals surface area contributed by atoms with Crippen molar-refractivity contribution in [3.05, 3.63) is 65.4 Å². The fourth-order valence-electron chi connectivity index (χ4n) is 5.20. The molecule has 9 heteroatoms. The van der Waals surface area contributed by atoms with Gasteiger partial charge in [-0.15, -0.1) is 11.3 Å². The summed E-state index contributed by atoms with van der Waals surface area (Å²) in [7, 11) is 0. The highest BCUT2D eigenvalue weighted by Gasteiger charge is 2.36. The average Bonchev–Trinajstić information content (AvgIpc) is 3.62. The quantitative estimate of drug-likeness (QED) is 0.449. The number of rotatable bonds is 3. The minimum Gasteiger partial charge on any atom is -0.371 e. The van der Waals surface area contributed by atoms with Crippen LogP contribution in [0.2, 0.25) is 0 Å². The van der Waals surface area contributed by atoms with Crippen molar-refractivity contribution >= 4 is 61.4 Å². The van der Waals surface area contributed by atoms with Crippen molar-refractivity contribution in [2.24, 2.45) is 0 Å². The molecule has 34 heavy (non-hydrogen) atoms. The molecule has 3 aliphatic heterocycles. The summed E-state index contributed by atoms with van der Waals surface area (Å²) in [6, 6.07) is 10.0. The Balaban J connectivity index is 1.43. The Morgan fingerprint density at radius 2 is 1.88 bits per heavy atom. The van der Waals surface area contributed by atoms with Crippen molar-refractivity contribution in [3.8, 4) is 0 Å². The summed E-state index contributed by atoms with van der Waals surface area (Å²) in [5, 5.41) is 6.14. The number of hydrogen-bond acceptors (Lipinski definition) is 7. The Morgan fingerprint density at radius 3 is 2.82 bits per heavy atom. The van der Waals surface area contributed by atoms with Gasteiger partial charge < -0.3 is 14.8 Å². The SMILES string of the molecule is O=C1NC(=O)C(c2c[nH]c3sccc23)=C1c1nc(N2CCN3C=CC[C@@H]3C2)nc2ccccc12. The number of H-pyrrole nitrogens is 1. The maximum atomic E-state index is 13.2. The lowest BCUT2D eigenvalue weighted by Gasteiger charge is -2.38. The highest BCUT2D eigenvalue weighted by molar-refractivity contribution is 7.16. The van der Waals surface area contributed by atoms with Crippen molar-refractivity contribution in [1.82, 2.24) is 25.2 Å². The maximum absolute atomic E-state index is 13.2. The van der Waals surface area contributed by atoms with E-state index in [1.54, 1.807) is 17.5 Å². The molecule has 0 saturated carbocycles. The molecule has 3 aromatic heterocycles. The van der Waals surface area contributed by atoms with Crippen LogP contribution in [-0.2, 0) is 9.59 Å². The van der Waals surface area contributed by atoms with Gasteiger partial charge in [-0.05, 0) is 30.1 Å². The number of aromatic amines is 1. The van der Waals surface area contributed by atoms with E-state index in [0.717, 1.165) is 47.2 Å². The third-order valence-corrected chi connectivity index (χ3v) is 7.69. The van der Waals surface area contributed by atoms with Crippen molar-refractivity contribution in [1.29, 1.82) is 0 Å². The lowest BCUT2D eigenvalue weighted by atomic mass is 9.97. The van der Waals surface area contributed by atoms with E-state index in [1.807, 2.05) is 35.7 Å². The van der Waals surface area contributed by atoms with E-state index < -0.39 is 11.8 Å². The molecule has 8 nitrogen and oxygen atoms in total. The number of nitrogens with one attached hydrogen (secondary N) is 2. The predicted octanol–water partition coefficient (Wildman–Crippen LogP) is 3.15. The fourth-order valence-corrected chi connectivity index (χ4v) is 5.97. The third-order valence-electron chi connectivity index (χ3n) is 6.85. The number of aromatic nitrogens is 3. The van der Waals surface area contributed by atoms with E-state index in [1.165, 1.54) is 0 Å². The van der Waals surface area contributed by atoms with Crippen molar-refractivity contribution in [3.63, 3.8) is 0 Å². The van der Waals surface area contributed by atoms with E-state index in [9.17, 15) is 9.59 Å². The van der Waals surface area contributed by atoms with E-state index >= 15 is 0 Å². The van der Waals surface area contributed by atoms with Crippen LogP contribution in [0, 0.1) is 0 Å². The second kappa shape index (κ2) is 7.26. The minimum atomic E-state index is -0.427. The van der Waals surface area contributed by atoms with Crippen LogP contribution in [0.3, 0.4) is 0 Å². The van der Waals surface area contributed by atoms with Gasteiger partial charge in [-0.2, -0.15) is 0 Å². The molecule has 0 unspecified atom stereocenters. The summed E-state index contributed by atoms with van der Waals surface area (Å²) >= 11 is 1.56. The Kier molecular flexibility index (Phi) is 4.16. The lowest BCUT2D eigenvalue weighted by Crippen LogP contribution is -2.49. The van der Waals surface area contributed by atoms with Gasteiger partial charge >= 0.3 is 0 Å². The number of benzene rings is 1. The van der Waals surface area contributed by atoms with E-state index in [2.05, 4.69) is 32.4 Å². The smallest absolute Gasteiger partial charge is 0.261 e. The van der Waals surface area contributed by atoms with E-state index in [-0.39, 0.29) is 0 Å². The highest BCUT2D eigenvalue weighted by atomic mass is 32.1. The van der Waals surface area contributed by atoms with Crippen LogP contribution in [0.25, 0.3) is 32.3 Å². The molecule has 0 radical (unpaired) electrons. The van der Waals surface area contributed by atoms with E-state index in [0.29, 0.717) is 34.4 Å². The summed E-state index contributed by atoms with van der Waals surface area (Å²) in [5.74, 6) is -0.236. The third kappa shape index (κ3) is 2.83. The molecule has 0 bridgehead atoms. The summed E-state index contributed by atoms with van der Waals surface area (Å²) < 4.78 is 0. The molecule has 168 valence electrons. The van der Waals surface area contributed by atoms with Gasteiger partial charge in [0.1, 0.15) is 4.83 Å². The minimum absolute atomic E-state index is 0.304. The largest absolute Gasteiger partial charge is 0.371 e. The molecule has 2 amide bonds. The number of hydrogen-bond donors (Lipinski definition) is 2. The highest BCUT2D eigenvalue weighted by Crippen LogP contribution is 2.38. The molecule has 4 aromatic rings. The fraction of sp³-hybridized carbons (Fsp3) is 0.200. The van der Waals surface area contributed by atoms with Gasteiger partial charge in [-0.25, -0.2) is 9.97 Å². The number of carbonyl (C=O) groups excluding carboxylic acids is 2. The van der Waals surface area contributed by atoms with Crippen LogP contribution in [0.4, 0.5) is 5.95 Å². The molecule has 2 N–H and O–H groups in total. The summed E-state index contributed by atoms with van der Waals surface area (Å²) in [5.41, 5.74) is 2.62. The van der Waals surface area contributed by atoms with Gasteiger partial charge in [0.2, 0.25) is 5.95 Å². The molecule has 3 aliphatic rings. The molecular formula is C25H20N6O2S. The van der Waals surface area contributed by atoms with Crippen molar-refractivity contribution in [2.45, 2.75) is 12.5 Å². The number of anilines is 1. The number of amides is 2. The number of imide groups is 1. The molecule has 0 aliphatic carbocycles. The number of para-hydroxylation sites is 1. The monoisotopic (exact) mass is 468 g/mol. The molecule has 1 saturated heterocycles. The number of thiophene rings is 1. The molecule has 0 spiro atoms. The molecule has 7 rings (SSSR count). The zero-order chi connectivity index (χ0) is 22.8. The number of nitrogens with zero attached hydrogens (tertiary/aromatic N) is 4. The predicted molar refractivity (Wildman–Crippen MR) is 132 cm³/mol. The second-order valence-electron chi connectivity index (χ2n) is 8.75. The molecule has 6 heterocycles. The standard InChI is InChI=1S/C25H20N6O2S/c32-22-19(17-12-26-24-15(17)7-11-34-24)20(23(33)29-22)21-16-5-1-2-6-18(16)27-25(28-21)31-10-9-30-8-3-4-14(30)13-31/h1-3,5-8,11-12,14,26H,4,9-10,13H2,(H,29,32,33)/t14-/m1/s1. The maximum Gasteiger partial charge on any atom is 0.261 e. The topological polar surface area (TPSA) is 94.2 Å². The molecule has 1 aromatic carbocycles. The first-order chi connectivity index (χ1) is 16.7. The van der Waals surface area contributed by atoms with Crippen LogP contribution in [-0.4, -0.2) is 57.3 Å².